The second kappa shape index (κ2) is 9.19. The fourth-order valence-corrected chi connectivity index (χ4v) is 2.98. The molecule has 2 aromatic heterocycles. The molecule has 0 aliphatic carbocycles. The van der Waals surface area contributed by atoms with Crippen LogP contribution in [0.15, 0.2) is 16.7 Å². The molecule has 2 rings (SSSR count). The molecule has 0 bridgehead atoms. The number of unbranched alkanes of at least 4 members (excludes halogenated alkanes) is 8. The van der Waals surface area contributed by atoms with Gasteiger partial charge >= 0.3 is 0 Å². The molecule has 0 amide bonds. The van der Waals surface area contributed by atoms with E-state index in [2.05, 4.69) is 37.8 Å². The van der Waals surface area contributed by atoms with Crippen LogP contribution in [0, 0.1) is 0 Å². The van der Waals surface area contributed by atoms with Crippen LogP contribution in [-0.2, 0) is 6.42 Å². The van der Waals surface area contributed by atoms with Gasteiger partial charge in [0.2, 0.25) is 0 Å². The summed E-state index contributed by atoms with van der Waals surface area (Å²) in [5.74, 6) is 1.07. The molecule has 0 radical (unpaired) electrons. The molecule has 0 saturated heterocycles. The number of nitrogens with one attached hydrogen (secondary N) is 1. The lowest BCUT2D eigenvalue weighted by atomic mass is 10.1. The number of rotatable bonds is 10. The Kier molecular flexibility index (Phi) is 7.20. The van der Waals surface area contributed by atoms with Crippen LogP contribution in [0.4, 0.5) is 0 Å². The normalized spacial score (nSPS) is 11.3. The number of fused-ring (bicyclic) bond motifs is 1. The molecular weight excluding hydrogens is 326 g/mol. The van der Waals surface area contributed by atoms with Crippen LogP contribution in [-0.4, -0.2) is 15.0 Å². The lowest BCUT2D eigenvalue weighted by Crippen LogP contribution is -1.89. The van der Waals surface area contributed by atoms with Gasteiger partial charge in [-0.25, -0.2) is 9.97 Å². The number of aromatic amines is 1. The number of hydrogen-bond acceptors (Lipinski definition) is 2. The third-order valence-electron chi connectivity index (χ3n) is 3.87. The molecule has 0 fully saturated rings. The van der Waals surface area contributed by atoms with Crippen molar-refractivity contribution in [3.8, 4) is 0 Å². The molecule has 0 aliphatic rings. The van der Waals surface area contributed by atoms with Gasteiger partial charge in [-0.05, 0) is 28.4 Å². The number of hydrogen-bond donors (Lipinski definition) is 1. The molecular formula is C17H26BrN3. The van der Waals surface area contributed by atoms with Gasteiger partial charge in [-0.1, -0.05) is 58.3 Å². The summed E-state index contributed by atoms with van der Waals surface area (Å²) in [6, 6.07) is 2.04. The summed E-state index contributed by atoms with van der Waals surface area (Å²) < 4.78 is 0.994. The molecule has 2 heterocycles. The molecule has 0 saturated carbocycles. The highest BCUT2D eigenvalue weighted by atomic mass is 79.9. The first kappa shape index (κ1) is 16.5. The van der Waals surface area contributed by atoms with Crippen molar-refractivity contribution >= 4 is 27.1 Å². The molecule has 0 unspecified atom stereocenters. The summed E-state index contributed by atoms with van der Waals surface area (Å²) in [6.07, 6.45) is 15.1. The number of nitrogens with zero attached hydrogens (tertiary/aromatic N) is 2. The van der Waals surface area contributed by atoms with Crippen molar-refractivity contribution in [3.63, 3.8) is 0 Å². The second-order valence-corrected chi connectivity index (χ2v) is 6.70. The number of H-pyrrole nitrogens is 1. The molecule has 0 aliphatic heterocycles. The van der Waals surface area contributed by atoms with E-state index in [-0.39, 0.29) is 0 Å². The Morgan fingerprint density at radius 3 is 2.38 bits per heavy atom. The Hall–Kier alpha value is -0.900. The van der Waals surface area contributed by atoms with Crippen molar-refractivity contribution in [2.45, 2.75) is 71.1 Å². The van der Waals surface area contributed by atoms with E-state index in [4.69, 9.17) is 0 Å². The largest absolute Gasteiger partial charge is 0.341 e. The fourth-order valence-electron chi connectivity index (χ4n) is 2.65. The van der Waals surface area contributed by atoms with Gasteiger partial charge in [0, 0.05) is 17.1 Å². The molecule has 0 aromatic carbocycles. The Bertz CT molecular complexity index is 536. The van der Waals surface area contributed by atoms with Crippen molar-refractivity contribution in [3.05, 3.63) is 22.6 Å². The first-order valence-corrected chi connectivity index (χ1v) is 9.09. The first-order chi connectivity index (χ1) is 10.3. The predicted octanol–water partition coefficient (Wildman–Crippen LogP) is 5.79. The van der Waals surface area contributed by atoms with Crippen LogP contribution in [0.2, 0.25) is 0 Å². The highest BCUT2D eigenvalue weighted by molar-refractivity contribution is 9.10. The van der Waals surface area contributed by atoms with Gasteiger partial charge in [0.25, 0.3) is 0 Å². The van der Waals surface area contributed by atoms with Crippen molar-refractivity contribution in [2.75, 3.05) is 0 Å². The average Bonchev–Trinajstić information content (AvgIpc) is 2.87. The van der Waals surface area contributed by atoms with E-state index in [0.29, 0.717) is 0 Å². The summed E-state index contributed by atoms with van der Waals surface area (Å²) in [5, 5.41) is 0. The minimum Gasteiger partial charge on any atom is -0.341 e. The van der Waals surface area contributed by atoms with Crippen LogP contribution in [0.5, 0.6) is 0 Å². The van der Waals surface area contributed by atoms with Gasteiger partial charge in [0.1, 0.15) is 5.82 Å². The summed E-state index contributed by atoms with van der Waals surface area (Å²) in [5.41, 5.74) is 1.85. The van der Waals surface area contributed by atoms with E-state index in [9.17, 15) is 0 Å². The van der Waals surface area contributed by atoms with Gasteiger partial charge in [0.05, 0.1) is 5.52 Å². The number of pyridine rings is 1. The Morgan fingerprint density at radius 2 is 1.67 bits per heavy atom. The SMILES string of the molecule is CCCCCCCCCCCc1nc2ncc(Br)cc2[nH]1. The third-order valence-corrected chi connectivity index (χ3v) is 4.30. The lowest BCUT2D eigenvalue weighted by Gasteiger charge is -2.01. The molecule has 21 heavy (non-hydrogen) atoms. The zero-order valence-electron chi connectivity index (χ0n) is 13.0. The lowest BCUT2D eigenvalue weighted by molar-refractivity contribution is 0.562. The number of aromatic nitrogens is 3. The number of halogens is 1. The van der Waals surface area contributed by atoms with Gasteiger partial charge in [0.15, 0.2) is 5.65 Å². The van der Waals surface area contributed by atoms with E-state index < -0.39 is 0 Å². The molecule has 3 nitrogen and oxygen atoms in total. The molecule has 0 spiro atoms. The highest BCUT2D eigenvalue weighted by Crippen LogP contribution is 2.16. The van der Waals surface area contributed by atoms with Gasteiger partial charge < -0.3 is 4.98 Å². The molecule has 4 heteroatoms. The quantitative estimate of drug-likeness (QED) is 0.550. The van der Waals surface area contributed by atoms with Crippen molar-refractivity contribution in [2.24, 2.45) is 0 Å². The van der Waals surface area contributed by atoms with Crippen LogP contribution in [0.1, 0.15) is 70.5 Å². The summed E-state index contributed by atoms with van der Waals surface area (Å²) in [4.78, 5) is 12.2. The van der Waals surface area contributed by atoms with E-state index in [1.807, 2.05) is 6.07 Å². The number of aryl methyl sites for hydroxylation is 1. The fraction of sp³-hybridized carbons (Fsp3) is 0.647. The second-order valence-electron chi connectivity index (χ2n) is 5.79. The zero-order valence-corrected chi connectivity index (χ0v) is 14.6. The summed E-state index contributed by atoms with van der Waals surface area (Å²) in [7, 11) is 0. The first-order valence-electron chi connectivity index (χ1n) is 8.29. The van der Waals surface area contributed by atoms with Crippen molar-refractivity contribution < 1.29 is 0 Å². The maximum atomic E-state index is 4.53. The topological polar surface area (TPSA) is 41.6 Å². The molecule has 116 valence electrons. The predicted molar refractivity (Wildman–Crippen MR) is 92.5 cm³/mol. The Labute approximate surface area is 136 Å². The maximum Gasteiger partial charge on any atom is 0.177 e. The van der Waals surface area contributed by atoms with Gasteiger partial charge in [-0.2, -0.15) is 0 Å². The Morgan fingerprint density at radius 1 is 1.00 bits per heavy atom. The standard InChI is InChI=1S/C17H26BrN3/c1-2-3-4-5-6-7-8-9-10-11-16-20-15-12-14(18)13-19-17(15)21-16/h12-13H,2-11H2,1H3,(H,19,20,21). The minimum atomic E-state index is 0.823. The number of imidazole rings is 1. The van der Waals surface area contributed by atoms with Crippen LogP contribution in [0.25, 0.3) is 11.2 Å². The summed E-state index contributed by atoms with van der Waals surface area (Å²) >= 11 is 3.43. The Balaban J connectivity index is 1.59. The van der Waals surface area contributed by atoms with E-state index in [0.717, 1.165) is 27.9 Å². The molecule has 0 atom stereocenters. The van der Waals surface area contributed by atoms with Gasteiger partial charge in [-0.15, -0.1) is 0 Å². The smallest absolute Gasteiger partial charge is 0.177 e. The summed E-state index contributed by atoms with van der Waals surface area (Å²) in [6.45, 7) is 2.27. The van der Waals surface area contributed by atoms with Crippen molar-refractivity contribution in [1.29, 1.82) is 0 Å². The van der Waals surface area contributed by atoms with E-state index in [1.54, 1.807) is 6.20 Å². The zero-order chi connectivity index (χ0) is 14.9. The average molecular weight is 352 g/mol. The van der Waals surface area contributed by atoms with E-state index >= 15 is 0 Å². The highest BCUT2D eigenvalue weighted by Gasteiger charge is 2.04. The maximum absolute atomic E-state index is 4.53. The molecule has 1 N–H and O–H groups in total. The van der Waals surface area contributed by atoms with Gasteiger partial charge in [-0.3, -0.25) is 0 Å². The van der Waals surface area contributed by atoms with Crippen LogP contribution >= 0.6 is 15.9 Å². The third kappa shape index (κ3) is 5.77. The monoisotopic (exact) mass is 351 g/mol. The molecule has 2 aromatic rings. The van der Waals surface area contributed by atoms with E-state index in [1.165, 1.54) is 57.8 Å². The van der Waals surface area contributed by atoms with Crippen LogP contribution in [0.3, 0.4) is 0 Å². The van der Waals surface area contributed by atoms with Crippen LogP contribution < -0.4 is 0 Å². The van der Waals surface area contributed by atoms with Crippen molar-refractivity contribution in [1.82, 2.24) is 15.0 Å². The minimum absolute atomic E-state index is 0.823.